The van der Waals surface area contributed by atoms with Gasteiger partial charge < -0.3 is 14.4 Å². The minimum absolute atomic E-state index is 0.102. The van der Waals surface area contributed by atoms with Gasteiger partial charge in [-0.15, -0.1) is 0 Å². The van der Waals surface area contributed by atoms with E-state index in [4.69, 9.17) is 9.47 Å². The van der Waals surface area contributed by atoms with Crippen LogP contribution in [0.25, 0.3) is 6.08 Å². The van der Waals surface area contributed by atoms with E-state index in [1.54, 1.807) is 4.57 Å². The van der Waals surface area contributed by atoms with Crippen LogP contribution < -0.4 is 29.3 Å². The first-order valence-electron chi connectivity index (χ1n) is 13.5. The van der Waals surface area contributed by atoms with Crippen LogP contribution in [0.1, 0.15) is 43.5 Å². The van der Waals surface area contributed by atoms with Gasteiger partial charge in [0, 0.05) is 31.1 Å². The molecule has 2 heterocycles. The van der Waals surface area contributed by atoms with Crippen LogP contribution in [0, 0.1) is 0 Å². The Morgan fingerprint density at radius 1 is 1.02 bits per heavy atom. The Labute approximate surface area is 243 Å². The summed E-state index contributed by atoms with van der Waals surface area (Å²) in [6, 6.07) is 23.0. The molecule has 0 bridgehead atoms. The minimum atomic E-state index is -0.546. The highest BCUT2D eigenvalue weighted by Gasteiger charge is 2.30. The van der Waals surface area contributed by atoms with Gasteiger partial charge in [-0.2, -0.15) is 0 Å². The molecule has 0 aliphatic carbocycles. The maximum Gasteiger partial charge on any atom is 0.271 e. The van der Waals surface area contributed by atoms with Crippen LogP contribution in [0.4, 0.5) is 5.69 Å². The van der Waals surface area contributed by atoms with E-state index in [2.05, 4.69) is 4.99 Å². The Hall–Kier alpha value is -4.43. The summed E-state index contributed by atoms with van der Waals surface area (Å²) in [5.41, 5.74) is 4.73. The fraction of sp³-hybridized carbons (Fsp3) is 0.242. The molecule has 1 aromatic heterocycles. The van der Waals surface area contributed by atoms with Crippen LogP contribution in [0.15, 0.2) is 93.9 Å². The van der Waals surface area contributed by atoms with E-state index in [0.717, 1.165) is 22.4 Å². The van der Waals surface area contributed by atoms with Crippen molar-refractivity contribution in [1.29, 1.82) is 0 Å². The molecule has 0 saturated heterocycles. The second kappa shape index (κ2) is 12.0. The average Bonchev–Trinajstić information content (AvgIpc) is 3.26. The summed E-state index contributed by atoms with van der Waals surface area (Å²) in [5.74, 6) is 1.14. The number of fused-ring (bicyclic) bond motifs is 1. The highest BCUT2D eigenvalue weighted by atomic mass is 32.1. The van der Waals surface area contributed by atoms with Crippen molar-refractivity contribution in [2.45, 2.75) is 33.4 Å². The molecule has 1 atom stereocenters. The first-order valence-corrected chi connectivity index (χ1v) is 14.3. The number of allylic oxidation sites excluding steroid dienone is 2. The molecule has 0 spiro atoms. The van der Waals surface area contributed by atoms with Crippen molar-refractivity contribution in [2.75, 3.05) is 25.6 Å². The highest BCUT2D eigenvalue weighted by molar-refractivity contribution is 7.07. The normalized spacial score (nSPS) is 14.9. The van der Waals surface area contributed by atoms with E-state index in [0.29, 0.717) is 45.3 Å². The molecular weight excluding hydrogens is 534 g/mol. The van der Waals surface area contributed by atoms with Crippen LogP contribution in [0.5, 0.6) is 11.5 Å². The van der Waals surface area contributed by atoms with E-state index in [-0.39, 0.29) is 11.3 Å². The van der Waals surface area contributed by atoms with Crippen LogP contribution in [0.2, 0.25) is 0 Å². The second-order valence-corrected chi connectivity index (χ2v) is 11.0. The zero-order valence-electron chi connectivity index (χ0n) is 23.9. The zero-order valence-corrected chi connectivity index (χ0v) is 24.7. The summed E-state index contributed by atoms with van der Waals surface area (Å²) < 4.78 is 14.1. The van der Waals surface area contributed by atoms with Crippen LogP contribution in [-0.4, -0.2) is 31.1 Å². The molecule has 4 aromatic rings. The first-order chi connectivity index (χ1) is 19.8. The molecule has 1 aliphatic rings. The van der Waals surface area contributed by atoms with Gasteiger partial charge in [0.2, 0.25) is 0 Å². The lowest BCUT2D eigenvalue weighted by molar-refractivity contribution is -0.114. The predicted molar refractivity (Wildman–Crippen MR) is 164 cm³/mol. The predicted octanol–water partition coefficient (Wildman–Crippen LogP) is 4.87. The van der Waals surface area contributed by atoms with Crippen LogP contribution in [-0.2, 0) is 11.4 Å². The number of Topliss-reactive ketones (excluding diaryl/α,β-unsaturated/α-hetero) is 1. The monoisotopic (exact) mass is 567 g/mol. The molecule has 0 fully saturated rings. The molecule has 8 heteroatoms. The third kappa shape index (κ3) is 5.88. The number of rotatable bonds is 9. The molecule has 0 unspecified atom stereocenters. The zero-order chi connectivity index (χ0) is 29.1. The van der Waals surface area contributed by atoms with Crippen molar-refractivity contribution in [3.05, 3.63) is 120 Å². The van der Waals surface area contributed by atoms with Crippen molar-refractivity contribution in [1.82, 2.24) is 4.57 Å². The summed E-state index contributed by atoms with van der Waals surface area (Å²) in [6.07, 6.45) is 1.84. The minimum Gasteiger partial charge on any atom is -0.490 e. The standard InChI is InChI=1S/C33H33N3O4S/c1-6-39-28-18-24(12-17-27(28)40-20-23-10-8-7-9-11-23)19-29-32(38)36-31(25-13-15-26(16-14-25)35(4)5)30(22(3)37)21(2)34-33(36)41-29/h7-19,31H,6,20H2,1-5H3/b29-19+/t31-/m1/s1. The highest BCUT2D eigenvalue weighted by Crippen LogP contribution is 2.32. The lowest BCUT2D eigenvalue weighted by atomic mass is 9.93. The number of ether oxygens (including phenoxy) is 2. The van der Waals surface area contributed by atoms with Crippen molar-refractivity contribution in [3.8, 4) is 11.5 Å². The van der Waals surface area contributed by atoms with Gasteiger partial charge in [-0.1, -0.05) is 59.9 Å². The van der Waals surface area contributed by atoms with Gasteiger partial charge in [-0.05, 0) is 67.8 Å². The number of aromatic nitrogens is 1. The molecule has 210 valence electrons. The lowest BCUT2D eigenvalue weighted by Crippen LogP contribution is -2.39. The van der Waals surface area contributed by atoms with Gasteiger partial charge in [0.1, 0.15) is 6.61 Å². The third-order valence-corrected chi connectivity index (χ3v) is 7.91. The average molecular weight is 568 g/mol. The summed E-state index contributed by atoms with van der Waals surface area (Å²) in [7, 11) is 3.95. The van der Waals surface area contributed by atoms with E-state index in [1.807, 2.05) is 112 Å². The molecular formula is C33H33N3O4S. The second-order valence-electron chi connectivity index (χ2n) is 10.0. The number of hydrogen-bond donors (Lipinski definition) is 0. The van der Waals surface area contributed by atoms with Gasteiger partial charge in [-0.3, -0.25) is 14.2 Å². The summed E-state index contributed by atoms with van der Waals surface area (Å²) in [6.45, 7) is 6.18. The molecule has 1 aliphatic heterocycles. The number of anilines is 1. The number of thiazole rings is 1. The summed E-state index contributed by atoms with van der Waals surface area (Å²) in [4.78, 5) is 33.9. The number of benzene rings is 3. The Kier molecular flexibility index (Phi) is 8.21. The van der Waals surface area contributed by atoms with Crippen molar-refractivity contribution in [3.63, 3.8) is 0 Å². The first kappa shape index (κ1) is 28.1. The molecule has 41 heavy (non-hydrogen) atoms. The van der Waals surface area contributed by atoms with E-state index < -0.39 is 6.04 Å². The van der Waals surface area contributed by atoms with Crippen molar-refractivity contribution < 1.29 is 14.3 Å². The number of hydrogen-bond acceptors (Lipinski definition) is 7. The van der Waals surface area contributed by atoms with Crippen LogP contribution >= 0.6 is 11.3 Å². The maximum atomic E-state index is 13.9. The lowest BCUT2D eigenvalue weighted by Gasteiger charge is -2.25. The number of ketones is 1. The molecule has 7 nitrogen and oxygen atoms in total. The van der Waals surface area contributed by atoms with Gasteiger partial charge in [0.05, 0.1) is 17.2 Å². The SMILES string of the molecule is CCOc1cc(/C=c2/sc3n(c2=O)[C@H](c2ccc(N(C)C)cc2)C(C(C)=O)=C(C)N=3)ccc1OCc1ccccc1. The Balaban J connectivity index is 1.55. The van der Waals surface area contributed by atoms with E-state index >= 15 is 0 Å². The van der Waals surface area contributed by atoms with Crippen molar-refractivity contribution in [2.24, 2.45) is 4.99 Å². The molecule has 5 rings (SSSR count). The maximum absolute atomic E-state index is 13.9. The van der Waals surface area contributed by atoms with E-state index in [9.17, 15) is 9.59 Å². The molecule has 3 aromatic carbocycles. The largest absolute Gasteiger partial charge is 0.490 e. The third-order valence-electron chi connectivity index (χ3n) is 6.93. The quantitative estimate of drug-likeness (QED) is 0.289. The summed E-state index contributed by atoms with van der Waals surface area (Å²) >= 11 is 1.31. The molecule has 0 radical (unpaired) electrons. The number of carbonyl (C=O) groups excluding carboxylic acids is 1. The molecule has 0 amide bonds. The fourth-order valence-electron chi connectivity index (χ4n) is 4.93. The van der Waals surface area contributed by atoms with Gasteiger partial charge in [-0.25, -0.2) is 4.99 Å². The van der Waals surface area contributed by atoms with Crippen LogP contribution in [0.3, 0.4) is 0 Å². The van der Waals surface area contributed by atoms with Gasteiger partial charge in [0.25, 0.3) is 5.56 Å². The summed E-state index contributed by atoms with van der Waals surface area (Å²) in [5, 5.41) is 0. The Bertz CT molecular complexity index is 1780. The van der Waals surface area contributed by atoms with E-state index in [1.165, 1.54) is 18.3 Å². The fourth-order valence-corrected chi connectivity index (χ4v) is 5.98. The Morgan fingerprint density at radius 3 is 2.41 bits per heavy atom. The molecule has 0 saturated carbocycles. The van der Waals surface area contributed by atoms with Gasteiger partial charge >= 0.3 is 0 Å². The van der Waals surface area contributed by atoms with Crippen molar-refractivity contribution >= 4 is 28.9 Å². The Morgan fingerprint density at radius 2 is 1.76 bits per heavy atom. The number of carbonyl (C=O) groups is 1. The van der Waals surface area contributed by atoms with Gasteiger partial charge in [0.15, 0.2) is 22.1 Å². The number of nitrogens with zero attached hydrogens (tertiary/aromatic N) is 3. The smallest absolute Gasteiger partial charge is 0.271 e. The topological polar surface area (TPSA) is 73.1 Å². The molecule has 0 N–H and O–H groups in total.